The summed E-state index contributed by atoms with van der Waals surface area (Å²) < 4.78 is 0. The number of ketones is 2. The van der Waals surface area contributed by atoms with Crippen molar-refractivity contribution in [1.82, 2.24) is 10.2 Å². The van der Waals surface area contributed by atoms with Crippen molar-refractivity contribution in [2.45, 2.75) is 13.8 Å². The number of hydrogen-bond donors (Lipinski definition) is 1. The Balaban J connectivity index is 0.000000190. The molecule has 0 atom stereocenters. The number of Topliss-reactive ketones (excluding diaryl/α,β-unsaturated/α-hetero) is 2. The van der Waals surface area contributed by atoms with Crippen LogP contribution in [0.25, 0.3) is 22.5 Å². The molecule has 4 nitrogen and oxygen atoms in total. The third kappa shape index (κ3) is 6.95. The lowest BCUT2D eigenvalue weighted by Crippen LogP contribution is -2.08. The van der Waals surface area contributed by atoms with Gasteiger partial charge in [0, 0.05) is 16.7 Å². The molecule has 0 spiro atoms. The summed E-state index contributed by atoms with van der Waals surface area (Å²) in [6.07, 6.45) is -0.0754. The molecule has 1 heterocycles. The van der Waals surface area contributed by atoms with E-state index in [0.717, 1.165) is 22.5 Å². The van der Waals surface area contributed by atoms with Crippen LogP contribution >= 0.6 is 0 Å². The molecule has 4 heteroatoms. The molecule has 4 aromatic carbocycles. The standard InChI is InChI=1S/C15H12N2.C15H12O2.CH4/c1-3-7-12(8-4-1)14-11-15(17-16-14)13-9-5-2-6-10-13;16-14(12-7-3-1-4-8-12)11-15(17)13-9-5-2-6-10-13;/h1-11H,(H,16,17);1-10H,11H2;1H4. The second kappa shape index (κ2) is 12.6. The second-order valence-corrected chi connectivity index (χ2v) is 7.65. The maximum atomic E-state index is 11.8. The first-order valence-corrected chi connectivity index (χ1v) is 11.0. The van der Waals surface area contributed by atoms with Crippen LogP contribution in [0.2, 0.25) is 0 Å². The maximum Gasteiger partial charge on any atom is 0.170 e. The number of carbonyl (C=O) groups excluding carboxylic acids is 2. The fourth-order valence-corrected chi connectivity index (χ4v) is 3.44. The lowest BCUT2D eigenvalue weighted by atomic mass is 10.0. The molecule has 35 heavy (non-hydrogen) atoms. The molecule has 1 aromatic heterocycles. The minimum Gasteiger partial charge on any atom is -0.294 e. The molecule has 0 aliphatic rings. The van der Waals surface area contributed by atoms with Gasteiger partial charge >= 0.3 is 0 Å². The molecule has 0 unspecified atom stereocenters. The van der Waals surface area contributed by atoms with E-state index in [2.05, 4.69) is 40.5 Å². The molecule has 0 fully saturated rings. The predicted octanol–water partition coefficient (Wildman–Crippen LogP) is 7.52. The van der Waals surface area contributed by atoms with Crippen LogP contribution in [0.1, 0.15) is 34.6 Å². The van der Waals surface area contributed by atoms with Crippen molar-refractivity contribution in [2.75, 3.05) is 0 Å². The quantitative estimate of drug-likeness (QED) is 0.210. The summed E-state index contributed by atoms with van der Waals surface area (Å²) in [5.74, 6) is -0.279. The van der Waals surface area contributed by atoms with Gasteiger partial charge in [0.25, 0.3) is 0 Å². The highest BCUT2D eigenvalue weighted by Gasteiger charge is 2.12. The first-order chi connectivity index (χ1) is 16.7. The largest absolute Gasteiger partial charge is 0.294 e. The Bertz CT molecular complexity index is 1230. The van der Waals surface area contributed by atoms with Gasteiger partial charge in [0.1, 0.15) is 0 Å². The number of aromatic nitrogens is 2. The van der Waals surface area contributed by atoms with Gasteiger partial charge in [-0.3, -0.25) is 14.7 Å². The highest BCUT2D eigenvalue weighted by molar-refractivity contribution is 6.13. The van der Waals surface area contributed by atoms with Crippen LogP contribution in [-0.2, 0) is 0 Å². The van der Waals surface area contributed by atoms with Gasteiger partial charge in [0.15, 0.2) is 11.6 Å². The van der Waals surface area contributed by atoms with Gasteiger partial charge in [-0.15, -0.1) is 0 Å². The summed E-state index contributed by atoms with van der Waals surface area (Å²) in [6, 6.07) is 40.2. The summed E-state index contributed by atoms with van der Waals surface area (Å²) in [5.41, 5.74) is 5.47. The lowest BCUT2D eigenvalue weighted by molar-refractivity contribution is 0.0894. The zero-order chi connectivity index (χ0) is 23.6. The maximum absolute atomic E-state index is 11.8. The fourth-order valence-electron chi connectivity index (χ4n) is 3.44. The summed E-state index contributed by atoms with van der Waals surface area (Å²) >= 11 is 0. The Morgan fingerprint density at radius 2 is 0.971 bits per heavy atom. The predicted molar refractivity (Wildman–Crippen MR) is 142 cm³/mol. The van der Waals surface area contributed by atoms with E-state index in [1.54, 1.807) is 48.5 Å². The molecular formula is C31H28N2O2. The van der Waals surface area contributed by atoms with Crippen LogP contribution in [0.3, 0.4) is 0 Å². The Morgan fingerprint density at radius 1 is 0.571 bits per heavy atom. The minimum absolute atomic E-state index is 0. The Labute approximate surface area is 206 Å². The highest BCUT2D eigenvalue weighted by atomic mass is 16.1. The van der Waals surface area contributed by atoms with Gasteiger partial charge in [-0.05, 0) is 11.6 Å². The van der Waals surface area contributed by atoms with Crippen LogP contribution < -0.4 is 0 Å². The van der Waals surface area contributed by atoms with Crippen molar-refractivity contribution in [3.05, 3.63) is 139 Å². The summed E-state index contributed by atoms with van der Waals surface area (Å²) in [5, 5.41) is 7.41. The molecule has 5 aromatic rings. The summed E-state index contributed by atoms with van der Waals surface area (Å²) in [6.45, 7) is 0. The van der Waals surface area contributed by atoms with E-state index in [9.17, 15) is 9.59 Å². The summed E-state index contributed by atoms with van der Waals surface area (Å²) in [7, 11) is 0. The molecule has 0 saturated heterocycles. The van der Waals surface area contributed by atoms with Crippen LogP contribution in [0.4, 0.5) is 0 Å². The van der Waals surface area contributed by atoms with E-state index in [4.69, 9.17) is 0 Å². The molecule has 0 bridgehead atoms. The zero-order valence-corrected chi connectivity index (χ0v) is 18.6. The number of aromatic amines is 1. The monoisotopic (exact) mass is 460 g/mol. The van der Waals surface area contributed by atoms with Crippen LogP contribution in [0, 0.1) is 0 Å². The van der Waals surface area contributed by atoms with Crippen molar-refractivity contribution in [3.63, 3.8) is 0 Å². The normalized spacial score (nSPS) is 9.83. The Hall–Kier alpha value is -4.57. The molecule has 0 radical (unpaired) electrons. The van der Waals surface area contributed by atoms with Gasteiger partial charge in [-0.1, -0.05) is 129 Å². The number of benzene rings is 4. The van der Waals surface area contributed by atoms with E-state index in [1.807, 2.05) is 48.5 Å². The molecule has 0 amide bonds. The molecule has 174 valence electrons. The van der Waals surface area contributed by atoms with Crippen molar-refractivity contribution < 1.29 is 9.59 Å². The first kappa shape index (κ1) is 25.1. The molecule has 1 N–H and O–H groups in total. The average molecular weight is 461 g/mol. The van der Waals surface area contributed by atoms with Gasteiger partial charge < -0.3 is 0 Å². The van der Waals surface area contributed by atoms with Gasteiger partial charge in [-0.25, -0.2) is 0 Å². The van der Waals surface area contributed by atoms with E-state index in [-0.39, 0.29) is 25.4 Å². The molecule has 5 rings (SSSR count). The number of carbonyl (C=O) groups is 2. The van der Waals surface area contributed by atoms with Crippen LogP contribution in [0.15, 0.2) is 127 Å². The Kier molecular flexibility index (Phi) is 9.03. The number of hydrogen-bond acceptors (Lipinski definition) is 3. The zero-order valence-electron chi connectivity index (χ0n) is 18.6. The van der Waals surface area contributed by atoms with Crippen molar-refractivity contribution in [3.8, 4) is 22.5 Å². The third-order valence-corrected chi connectivity index (χ3v) is 5.24. The first-order valence-electron chi connectivity index (χ1n) is 11.0. The number of H-pyrrole nitrogens is 1. The average Bonchev–Trinajstić information content (AvgIpc) is 3.42. The molecule has 0 aliphatic heterocycles. The second-order valence-electron chi connectivity index (χ2n) is 7.65. The van der Waals surface area contributed by atoms with E-state index in [1.165, 1.54) is 0 Å². The van der Waals surface area contributed by atoms with Gasteiger partial charge in [-0.2, -0.15) is 5.10 Å². The Morgan fingerprint density at radius 3 is 1.43 bits per heavy atom. The summed E-state index contributed by atoms with van der Waals surface area (Å²) in [4.78, 5) is 23.6. The van der Waals surface area contributed by atoms with Gasteiger partial charge in [0.05, 0.1) is 17.8 Å². The SMILES string of the molecule is C.O=C(CC(=O)c1ccccc1)c1ccccc1.c1ccc(-c2cc(-c3ccccc3)[nH]n2)cc1. The highest BCUT2D eigenvalue weighted by Crippen LogP contribution is 2.23. The molecular weight excluding hydrogens is 432 g/mol. The minimum atomic E-state index is -0.139. The van der Waals surface area contributed by atoms with Crippen molar-refractivity contribution >= 4 is 11.6 Å². The van der Waals surface area contributed by atoms with E-state index in [0.29, 0.717) is 11.1 Å². The topological polar surface area (TPSA) is 62.8 Å². The van der Waals surface area contributed by atoms with Crippen LogP contribution in [0.5, 0.6) is 0 Å². The van der Waals surface area contributed by atoms with Crippen molar-refractivity contribution in [1.29, 1.82) is 0 Å². The molecule has 0 saturated carbocycles. The third-order valence-electron chi connectivity index (χ3n) is 5.24. The van der Waals surface area contributed by atoms with Crippen molar-refractivity contribution in [2.24, 2.45) is 0 Å². The fraction of sp³-hybridized carbons (Fsp3) is 0.0645. The number of rotatable bonds is 6. The van der Waals surface area contributed by atoms with E-state index < -0.39 is 0 Å². The van der Waals surface area contributed by atoms with Crippen LogP contribution in [-0.4, -0.2) is 21.8 Å². The lowest BCUT2D eigenvalue weighted by Gasteiger charge is -2.00. The molecule has 0 aliphatic carbocycles. The number of nitrogens with zero attached hydrogens (tertiary/aromatic N) is 1. The number of nitrogens with one attached hydrogen (secondary N) is 1. The van der Waals surface area contributed by atoms with Gasteiger partial charge in [0.2, 0.25) is 0 Å². The smallest absolute Gasteiger partial charge is 0.170 e. The van der Waals surface area contributed by atoms with E-state index >= 15 is 0 Å².